The van der Waals surface area contributed by atoms with Gasteiger partial charge in [-0.05, 0) is 48.5 Å². The Labute approximate surface area is 418 Å². The summed E-state index contributed by atoms with van der Waals surface area (Å²) in [6.07, 6.45) is 0. The van der Waals surface area contributed by atoms with Gasteiger partial charge in [-0.15, -0.1) is 0 Å². The summed E-state index contributed by atoms with van der Waals surface area (Å²) in [5.74, 6) is -3.42. The van der Waals surface area contributed by atoms with Crippen LogP contribution in [0.1, 0.15) is 0 Å². The Kier molecular flexibility index (Phi) is 20.9. The SMILES string of the molecule is O=S(=O)([O-])c1cc2c(O)c(c1)Sc1cc(S(=O)(=O)[O-])cc(c1O)Sc1cc(S(=O)(=O)[O-])cc(c1O)Sc1cc(S(=O)(=O)[O-])cc(c1O)S2.[Mn].[Na+].[Na+].[Na+].[Na+]. The van der Waals surface area contributed by atoms with Gasteiger partial charge < -0.3 is 38.6 Å². The molecule has 8 bridgehead atoms. The zero-order valence-corrected chi connectivity index (χ0v) is 42.7. The molecule has 263 valence electrons. The molecule has 16 nitrogen and oxygen atoms in total. The molecule has 0 saturated heterocycles. The predicted octanol–water partition coefficient (Wildman–Crippen LogP) is -8.94. The van der Waals surface area contributed by atoms with E-state index in [0.29, 0.717) is 48.5 Å². The molecule has 4 aromatic rings. The van der Waals surface area contributed by atoms with Crippen LogP contribution in [0.3, 0.4) is 0 Å². The molecule has 0 unspecified atom stereocenters. The second kappa shape index (κ2) is 20.3. The topological polar surface area (TPSA) is 310 Å². The van der Waals surface area contributed by atoms with E-state index in [1.165, 1.54) is 0 Å². The van der Waals surface area contributed by atoms with Gasteiger partial charge in [0.15, 0.2) is 0 Å². The number of hydrogen-bond donors (Lipinski definition) is 4. The Morgan fingerprint density at radius 2 is 0.453 bits per heavy atom. The normalized spacial score (nSPS) is 12.8. The number of benzene rings is 4. The molecule has 1 radical (unpaired) electrons. The van der Waals surface area contributed by atoms with E-state index < -0.39 is 122 Å². The molecule has 0 atom stereocenters. The maximum Gasteiger partial charge on any atom is 1.00 e. The average molecular weight is 960 g/mol. The first kappa shape index (κ1) is 54.6. The van der Waals surface area contributed by atoms with Crippen LogP contribution in [0.4, 0.5) is 0 Å². The molecule has 0 fully saturated rings. The van der Waals surface area contributed by atoms with Gasteiger partial charge in [0.2, 0.25) is 0 Å². The van der Waals surface area contributed by atoms with Crippen LogP contribution in [0.2, 0.25) is 0 Å². The number of aromatic hydroxyl groups is 4. The Balaban J connectivity index is 0.00000541. The first-order chi connectivity index (χ1) is 21.9. The Bertz CT molecular complexity index is 2080. The van der Waals surface area contributed by atoms with Gasteiger partial charge in [-0.3, -0.25) is 0 Å². The smallest absolute Gasteiger partial charge is 0.744 e. The van der Waals surface area contributed by atoms with E-state index in [0.717, 1.165) is 0 Å². The van der Waals surface area contributed by atoms with Crippen molar-refractivity contribution in [2.24, 2.45) is 0 Å². The van der Waals surface area contributed by atoms with Crippen molar-refractivity contribution in [1.29, 1.82) is 0 Å². The maximum atomic E-state index is 12.0. The van der Waals surface area contributed by atoms with E-state index in [2.05, 4.69) is 0 Å². The Morgan fingerprint density at radius 1 is 0.340 bits per heavy atom. The van der Waals surface area contributed by atoms with E-state index in [1.807, 2.05) is 0 Å². The van der Waals surface area contributed by atoms with Crippen molar-refractivity contribution in [2.75, 3.05) is 0 Å². The molecule has 0 saturated carbocycles. The summed E-state index contributed by atoms with van der Waals surface area (Å²) in [6.45, 7) is 0. The fourth-order valence-corrected chi connectivity index (χ4v) is 10.9. The van der Waals surface area contributed by atoms with Gasteiger partial charge in [-0.1, -0.05) is 47.0 Å². The van der Waals surface area contributed by atoms with Crippen molar-refractivity contribution in [3.63, 3.8) is 0 Å². The van der Waals surface area contributed by atoms with Gasteiger partial charge in [0.25, 0.3) is 0 Å². The summed E-state index contributed by atoms with van der Waals surface area (Å²) in [4.78, 5) is -8.44. The van der Waals surface area contributed by atoms with Gasteiger partial charge in [0.05, 0.1) is 58.7 Å². The second-order valence-electron chi connectivity index (χ2n) is 9.30. The van der Waals surface area contributed by atoms with Crippen LogP contribution in [0.15, 0.2) is 107 Å². The van der Waals surface area contributed by atoms with Crippen molar-refractivity contribution >= 4 is 87.5 Å². The van der Waals surface area contributed by atoms with Crippen LogP contribution in [0.25, 0.3) is 0 Å². The Hall–Kier alpha value is 1.64. The molecule has 1 heterocycles. The first-order valence-corrected chi connectivity index (χ1v) is 20.9. The van der Waals surface area contributed by atoms with Gasteiger partial charge in [0, 0.05) is 17.1 Å². The number of phenolic OH excluding ortho intramolecular Hbond substituents is 4. The van der Waals surface area contributed by atoms with Crippen LogP contribution in [0.5, 0.6) is 23.0 Å². The van der Waals surface area contributed by atoms with E-state index in [1.54, 1.807) is 0 Å². The molecule has 0 amide bonds. The predicted molar refractivity (Wildman–Crippen MR) is 161 cm³/mol. The molecule has 0 aliphatic carbocycles. The number of rotatable bonds is 4. The summed E-state index contributed by atoms with van der Waals surface area (Å²) in [5.41, 5.74) is 0. The fraction of sp³-hybridized carbons (Fsp3) is 0. The number of hydrogen-bond acceptors (Lipinski definition) is 20. The largest absolute Gasteiger partial charge is 1.00 e. The number of fused-ring (bicyclic) bond motifs is 8. The molecular formula is C24H12MnNa4O16S8. The summed E-state index contributed by atoms with van der Waals surface area (Å²) in [5, 5.41) is 44.4. The molecule has 4 N–H and O–H groups in total. The summed E-state index contributed by atoms with van der Waals surface area (Å²) in [6, 6.07) is 5.00. The van der Waals surface area contributed by atoms with Gasteiger partial charge >= 0.3 is 118 Å². The Morgan fingerprint density at radius 3 is 0.547 bits per heavy atom. The van der Waals surface area contributed by atoms with Gasteiger partial charge in [-0.25, -0.2) is 33.7 Å². The summed E-state index contributed by atoms with van der Waals surface area (Å²) >= 11 is 0.937. The number of phenols is 4. The van der Waals surface area contributed by atoms with Crippen molar-refractivity contribution < 1.29 is 208 Å². The van der Waals surface area contributed by atoms with E-state index in [9.17, 15) is 72.3 Å². The molecule has 5 rings (SSSR count). The molecule has 1 aliphatic rings. The second-order valence-corrected chi connectivity index (χ2v) is 19.2. The molecule has 29 heteroatoms. The van der Waals surface area contributed by atoms with Crippen molar-refractivity contribution in [3.8, 4) is 23.0 Å². The molecular weight excluding hydrogens is 948 g/mol. The zero-order chi connectivity index (χ0) is 35.7. The first-order valence-electron chi connectivity index (χ1n) is 12.0. The average Bonchev–Trinajstić information content (AvgIpc) is 2.93. The van der Waals surface area contributed by atoms with E-state index in [-0.39, 0.29) is 182 Å². The molecule has 0 aromatic heterocycles. The van der Waals surface area contributed by atoms with E-state index >= 15 is 0 Å². The van der Waals surface area contributed by atoms with Gasteiger partial charge in [-0.2, -0.15) is 0 Å². The monoisotopic (exact) mass is 959 g/mol. The third-order valence-electron chi connectivity index (χ3n) is 6.09. The van der Waals surface area contributed by atoms with Gasteiger partial charge in [0.1, 0.15) is 63.5 Å². The van der Waals surface area contributed by atoms with Crippen LogP contribution in [0, 0.1) is 0 Å². The third-order valence-corrected chi connectivity index (χ3v) is 13.6. The van der Waals surface area contributed by atoms with Crippen LogP contribution >= 0.6 is 47.0 Å². The third kappa shape index (κ3) is 12.8. The minimum Gasteiger partial charge on any atom is -0.744 e. The maximum absolute atomic E-state index is 12.0. The van der Waals surface area contributed by atoms with Crippen molar-refractivity contribution in [2.45, 2.75) is 58.7 Å². The summed E-state index contributed by atoms with van der Waals surface area (Å²) in [7, 11) is -21.3. The van der Waals surface area contributed by atoms with E-state index in [4.69, 9.17) is 0 Å². The van der Waals surface area contributed by atoms with Crippen molar-refractivity contribution in [3.05, 3.63) is 48.5 Å². The molecule has 53 heavy (non-hydrogen) atoms. The molecule has 0 spiro atoms. The quantitative estimate of drug-likeness (QED) is 0.0960. The molecule has 4 aromatic carbocycles. The summed E-state index contributed by atoms with van der Waals surface area (Å²) < 4.78 is 144. The fourth-order valence-electron chi connectivity index (χ4n) is 3.91. The van der Waals surface area contributed by atoms with Crippen LogP contribution < -0.4 is 118 Å². The molecule has 1 aliphatic heterocycles. The van der Waals surface area contributed by atoms with Crippen LogP contribution in [-0.2, 0) is 57.5 Å². The standard InChI is InChI=1S/C24H16O16S8.Mn.4Na/c25-21-13-1-9(45(29,30)31)2-14(21)42-17-5-11(47(35,36)37)6-18(23(17)27)44-20-8-12(48(38,39)40)7-19(24(20)28)43-16-4-10(46(32,33)34)3-15(41-13)22(16)26;;;;;/h1-8,25-28H,(H,29,30,31)(H,32,33,34)(H,35,36,37)(H,38,39,40);;;;;/q;;4*+1/p-4. The van der Waals surface area contributed by atoms with Crippen molar-refractivity contribution in [1.82, 2.24) is 0 Å². The minimum absolute atomic E-state index is 0. The van der Waals surface area contributed by atoms with Crippen LogP contribution in [-0.4, -0.2) is 72.3 Å². The zero-order valence-electron chi connectivity index (χ0n) is 27.0. The minimum atomic E-state index is -5.32.